The summed E-state index contributed by atoms with van der Waals surface area (Å²) in [4.78, 5) is 10.9. The summed E-state index contributed by atoms with van der Waals surface area (Å²) >= 11 is 0. The molecule has 8 heteroatoms. The van der Waals surface area contributed by atoms with E-state index in [0.717, 1.165) is 0 Å². The summed E-state index contributed by atoms with van der Waals surface area (Å²) in [7, 11) is -3.88. The topological polar surface area (TPSA) is 113 Å². The Bertz CT molecular complexity index is 758. The number of ether oxygens (including phenoxy) is 1. The minimum absolute atomic E-state index is 0.0669. The van der Waals surface area contributed by atoms with Crippen LogP contribution in [0.3, 0.4) is 0 Å². The normalized spacial score (nSPS) is 12.4. The van der Waals surface area contributed by atoms with Gasteiger partial charge in [0.05, 0.1) is 10.6 Å². The van der Waals surface area contributed by atoms with Gasteiger partial charge in [-0.25, -0.2) is 13.9 Å². The van der Waals surface area contributed by atoms with Crippen LogP contribution in [-0.4, -0.2) is 36.5 Å². The van der Waals surface area contributed by atoms with Crippen molar-refractivity contribution in [1.29, 1.82) is 0 Å². The van der Waals surface area contributed by atoms with Gasteiger partial charge in [0.2, 0.25) is 0 Å². The Kier molecular flexibility index (Phi) is 5.32. The van der Waals surface area contributed by atoms with Crippen molar-refractivity contribution in [3.05, 3.63) is 54.6 Å². The van der Waals surface area contributed by atoms with Crippen molar-refractivity contribution < 1.29 is 28.3 Å². The van der Waals surface area contributed by atoms with Gasteiger partial charge in [0.1, 0.15) is 17.6 Å². The van der Waals surface area contributed by atoms with Crippen LogP contribution in [0.4, 0.5) is 0 Å². The van der Waals surface area contributed by atoms with Crippen LogP contribution >= 0.6 is 0 Å². The number of amides is 1. The zero-order valence-electron chi connectivity index (χ0n) is 11.9. The second kappa shape index (κ2) is 7.23. The van der Waals surface area contributed by atoms with Gasteiger partial charge in [0.25, 0.3) is 5.91 Å². The van der Waals surface area contributed by atoms with Gasteiger partial charge in [0.15, 0.2) is 9.84 Å². The molecule has 0 radical (unpaired) electrons. The van der Waals surface area contributed by atoms with Crippen molar-refractivity contribution in [3.63, 3.8) is 0 Å². The molecule has 3 N–H and O–H groups in total. The highest BCUT2D eigenvalue weighted by molar-refractivity contribution is 7.91. The molecule has 23 heavy (non-hydrogen) atoms. The fraction of sp³-hybridized carbons (Fsp3) is 0.133. The first-order valence-electron chi connectivity index (χ1n) is 6.60. The van der Waals surface area contributed by atoms with E-state index in [1.165, 1.54) is 29.7 Å². The molecule has 0 fully saturated rings. The number of sulfone groups is 1. The molecule has 2 rings (SSSR count). The molecule has 1 amide bonds. The highest BCUT2D eigenvalue weighted by Gasteiger charge is 2.24. The van der Waals surface area contributed by atoms with E-state index in [0.29, 0.717) is 11.5 Å². The van der Waals surface area contributed by atoms with Crippen LogP contribution in [0.15, 0.2) is 59.5 Å². The zero-order chi connectivity index (χ0) is 16.9. The molecule has 0 saturated carbocycles. The average Bonchev–Trinajstić information content (AvgIpc) is 2.55. The first-order valence-corrected chi connectivity index (χ1v) is 8.25. The number of hydrogen-bond acceptors (Lipinski definition) is 6. The Balaban J connectivity index is 2.10. The van der Waals surface area contributed by atoms with Gasteiger partial charge >= 0.3 is 0 Å². The molecule has 0 aliphatic heterocycles. The smallest absolute Gasteiger partial charge is 0.273 e. The number of nitrogens with one attached hydrogen (secondary N) is 1. The number of carbonyl (C=O) groups excluding carboxylic acids is 1. The molecule has 0 spiro atoms. The maximum atomic E-state index is 12.1. The fourth-order valence-corrected chi connectivity index (χ4v) is 3.10. The summed E-state index contributed by atoms with van der Waals surface area (Å²) in [6, 6.07) is 14.5. The third-order valence-electron chi connectivity index (χ3n) is 2.95. The first kappa shape index (κ1) is 16.9. The molecule has 2 aromatic rings. The van der Waals surface area contributed by atoms with Crippen molar-refractivity contribution >= 4 is 15.7 Å². The van der Waals surface area contributed by atoms with E-state index < -0.39 is 27.6 Å². The minimum Gasteiger partial charge on any atom is -0.457 e. The first-order chi connectivity index (χ1) is 10.9. The Hall–Kier alpha value is -2.42. The molecular formula is C15H15NO6S. The maximum Gasteiger partial charge on any atom is 0.273 e. The SMILES string of the molecule is O=C(NO)[C@H](O)CS(=O)(=O)c1ccc(Oc2ccccc2)cc1. The lowest BCUT2D eigenvalue weighted by Gasteiger charge is -2.10. The molecule has 1 atom stereocenters. The molecule has 0 saturated heterocycles. The van der Waals surface area contributed by atoms with Crippen LogP contribution in [0, 0.1) is 0 Å². The third-order valence-corrected chi connectivity index (χ3v) is 4.70. The number of carbonyl (C=O) groups is 1. The van der Waals surface area contributed by atoms with Crippen LogP contribution in [0.2, 0.25) is 0 Å². The number of aliphatic hydroxyl groups excluding tert-OH is 1. The zero-order valence-corrected chi connectivity index (χ0v) is 12.7. The van der Waals surface area contributed by atoms with Crippen molar-refractivity contribution in [2.45, 2.75) is 11.0 Å². The van der Waals surface area contributed by atoms with Crippen LogP contribution in [0.25, 0.3) is 0 Å². The Morgan fingerprint density at radius 1 is 1.04 bits per heavy atom. The standard InChI is InChI=1S/C15H15NO6S/c17-14(15(18)16-19)10-23(20,21)13-8-6-12(7-9-13)22-11-4-2-1-3-5-11/h1-9,14,17,19H,10H2,(H,16,18)/t14-/m1/s1. The van der Waals surface area contributed by atoms with Gasteiger partial charge in [-0.05, 0) is 36.4 Å². The van der Waals surface area contributed by atoms with Crippen molar-refractivity contribution in [1.82, 2.24) is 5.48 Å². The fourth-order valence-electron chi connectivity index (χ4n) is 1.79. The summed E-state index contributed by atoms with van der Waals surface area (Å²) in [5.41, 5.74) is 1.20. The quantitative estimate of drug-likeness (QED) is 0.538. The van der Waals surface area contributed by atoms with Crippen LogP contribution in [-0.2, 0) is 14.6 Å². The van der Waals surface area contributed by atoms with E-state index >= 15 is 0 Å². The van der Waals surface area contributed by atoms with Gasteiger partial charge in [0, 0.05) is 0 Å². The highest BCUT2D eigenvalue weighted by Crippen LogP contribution is 2.23. The minimum atomic E-state index is -3.88. The molecule has 122 valence electrons. The highest BCUT2D eigenvalue weighted by atomic mass is 32.2. The molecule has 0 bridgehead atoms. The Labute approximate surface area is 133 Å². The summed E-state index contributed by atoms with van der Waals surface area (Å²) in [6.07, 6.45) is -1.86. The van der Waals surface area contributed by atoms with Crippen molar-refractivity contribution in [3.8, 4) is 11.5 Å². The number of aliphatic hydroxyl groups is 1. The van der Waals surface area contributed by atoms with E-state index in [1.54, 1.807) is 12.1 Å². The molecule has 0 aliphatic rings. The molecule has 0 aliphatic carbocycles. The third kappa shape index (κ3) is 4.52. The van der Waals surface area contributed by atoms with Gasteiger partial charge in [-0.2, -0.15) is 0 Å². The monoisotopic (exact) mass is 337 g/mol. The lowest BCUT2D eigenvalue weighted by Crippen LogP contribution is -2.37. The Morgan fingerprint density at radius 2 is 1.61 bits per heavy atom. The molecule has 0 unspecified atom stereocenters. The summed E-state index contributed by atoms with van der Waals surface area (Å²) < 4.78 is 29.7. The summed E-state index contributed by atoms with van der Waals surface area (Å²) in [5, 5.41) is 17.8. The van der Waals surface area contributed by atoms with E-state index in [2.05, 4.69) is 0 Å². The second-order valence-electron chi connectivity index (χ2n) is 4.66. The predicted molar refractivity (Wildman–Crippen MR) is 80.9 cm³/mol. The van der Waals surface area contributed by atoms with Crippen molar-refractivity contribution in [2.24, 2.45) is 0 Å². The number of benzene rings is 2. The number of para-hydroxylation sites is 1. The van der Waals surface area contributed by atoms with E-state index in [9.17, 15) is 18.3 Å². The van der Waals surface area contributed by atoms with E-state index in [-0.39, 0.29) is 4.90 Å². The number of rotatable bonds is 6. The van der Waals surface area contributed by atoms with Gasteiger partial charge in [-0.15, -0.1) is 0 Å². The molecule has 7 nitrogen and oxygen atoms in total. The maximum absolute atomic E-state index is 12.1. The predicted octanol–water partition coefficient (Wildman–Crippen LogP) is 1.12. The van der Waals surface area contributed by atoms with Crippen molar-refractivity contribution in [2.75, 3.05) is 5.75 Å². The number of hydroxylamine groups is 1. The van der Waals surface area contributed by atoms with Crippen LogP contribution in [0.5, 0.6) is 11.5 Å². The average molecular weight is 337 g/mol. The van der Waals surface area contributed by atoms with Crippen LogP contribution < -0.4 is 10.2 Å². The lowest BCUT2D eigenvalue weighted by molar-refractivity contribution is -0.136. The van der Waals surface area contributed by atoms with Gasteiger partial charge in [-0.1, -0.05) is 18.2 Å². The second-order valence-corrected chi connectivity index (χ2v) is 6.69. The van der Waals surface area contributed by atoms with E-state index in [1.807, 2.05) is 18.2 Å². The van der Waals surface area contributed by atoms with Crippen LogP contribution in [0.1, 0.15) is 0 Å². The molecule has 0 heterocycles. The summed E-state index contributed by atoms with van der Waals surface area (Å²) in [5.74, 6) is -0.960. The number of hydrogen-bond donors (Lipinski definition) is 3. The summed E-state index contributed by atoms with van der Waals surface area (Å²) in [6.45, 7) is 0. The van der Waals surface area contributed by atoms with E-state index in [4.69, 9.17) is 9.94 Å². The molecular weight excluding hydrogens is 322 g/mol. The lowest BCUT2D eigenvalue weighted by atomic mass is 10.3. The largest absolute Gasteiger partial charge is 0.457 e. The van der Waals surface area contributed by atoms with Gasteiger partial charge < -0.3 is 9.84 Å². The molecule has 2 aromatic carbocycles. The molecule has 0 aromatic heterocycles. The Morgan fingerprint density at radius 3 is 2.17 bits per heavy atom. The van der Waals surface area contributed by atoms with Gasteiger partial charge in [-0.3, -0.25) is 10.0 Å².